The molecule has 0 heterocycles. The van der Waals surface area contributed by atoms with Gasteiger partial charge in [-0.05, 0) is 37.1 Å². The lowest BCUT2D eigenvalue weighted by Crippen LogP contribution is -2.06. The fourth-order valence-electron chi connectivity index (χ4n) is 1.25. The largest absolute Gasteiger partial charge is 0.396 e. The number of aliphatic hydroxyl groups excluding tert-OH is 1. The molecule has 0 aliphatic carbocycles. The summed E-state index contributed by atoms with van der Waals surface area (Å²) in [7, 11) is 0. The van der Waals surface area contributed by atoms with Crippen LogP contribution >= 0.6 is 27.7 Å². The minimum Gasteiger partial charge on any atom is -0.396 e. The van der Waals surface area contributed by atoms with E-state index in [0.29, 0.717) is 0 Å². The third-order valence-electron chi connectivity index (χ3n) is 2.02. The van der Waals surface area contributed by atoms with E-state index in [9.17, 15) is 0 Å². The van der Waals surface area contributed by atoms with E-state index in [2.05, 4.69) is 28.1 Å². The number of rotatable bonds is 5. The Morgan fingerprint density at radius 2 is 2.27 bits per heavy atom. The average molecular weight is 290 g/mol. The molecule has 0 bridgehead atoms. The minimum absolute atomic E-state index is 0.0409. The van der Waals surface area contributed by atoms with Crippen LogP contribution in [0.2, 0.25) is 0 Å². The molecule has 0 fully saturated rings. The van der Waals surface area contributed by atoms with Crippen LogP contribution in [0.4, 0.5) is 0 Å². The lowest BCUT2D eigenvalue weighted by atomic mass is 10.1. The van der Waals surface area contributed by atoms with Crippen LogP contribution in [0, 0.1) is 0 Å². The lowest BCUT2D eigenvalue weighted by molar-refractivity contribution is 0.296. The summed E-state index contributed by atoms with van der Waals surface area (Å²) in [5.41, 5.74) is 7.06. The molecule has 0 radical (unpaired) electrons. The molecule has 15 heavy (non-hydrogen) atoms. The molecule has 0 saturated heterocycles. The Morgan fingerprint density at radius 1 is 1.53 bits per heavy atom. The smallest absolute Gasteiger partial charge is 0.0439 e. The third kappa shape index (κ3) is 4.15. The van der Waals surface area contributed by atoms with Crippen molar-refractivity contribution < 1.29 is 5.11 Å². The maximum atomic E-state index is 8.72. The second kappa shape index (κ2) is 6.53. The first-order valence-corrected chi connectivity index (χ1v) is 6.71. The molecule has 1 aromatic carbocycles. The van der Waals surface area contributed by atoms with Crippen molar-refractivity contribution in [1.82, 2.24) is 0 Å². The highest BCUT2D eigenvalue weighted by Crippen LogP contribution is 2.29. The number of nitrogens with two attached hydrogens (primary N) is 1. The normalized spacial score (nSPS) is 12.8. The highest BCUT2D eigenvalue weighted by Gasteiger charge is 2.07. The number of hydrogen-bond donors (Lipinski definition) is 2. The second-order valence-electron chi connectivity index (χ2n) is 3.40. The zero-order valence-corrected chi connectivity index (χ0v) is 11.1. The molecule has 0 amide bonds. The van der Waals surface area contributed by atoms with Crippen molar-refractivity contribution in [1.29, 1.82) is 0 Å². The van der Waals surface area contributed by atoms with Crippen LogP contribution in [-0.2, 0) is 0 Å². The van der Waals surface area contributed by atoms with E-state index in [1.165, 1.54) is 4.90 Å². The quantitative estimate of drug-likeness (QED) is 0.647. The van der Waals surface area contributed by atoms with Crippen molar-refractivity contribution in [2.75, 3.05) is 12.4 Å². The Morgan fingerprint density at radius 3 is 2.87 bits per heavy atom. The van der Waals surface area contributed by atoms with Crippen molar-refractivity contribution in [2.45, 2.75) is 24.3 Å². The summed E-state index contributed by atoms with van der Waals surface area (Å²) in [6.45, 7) is 2.23. The van der Waals surface area contributed by atoms with E-state index >= 15 is 0 Å². The second-order valence-corrected chi connectivity index (χ2v) is 5.45. The molecule has 0 aromatic heterocycles. The Bertz CT molecular complexity index is 317. The first-order valence-electron chi connectivity index (χ1n) is 4.94. The van der Waals surface area contributed by atoms with E-state index in [1.807, 2.05) is 13.0 Å². The molecule has 1 atom stereocenters. The van der Waals surface area contributed by atoms with E-state index in [0.717, 1.165) is 22.2 Å². The van der Waals surface area contributed by atoms with Crippen LogP contribution in [0.5, 0.6) is 0 Å². The molecule has 3 N–H and O–H groups in total. The SMILES string of the molecule is CC(N)c1cc(Br)ccc1SCCCO. The molecular formula is C11H16BrNOS. The molecule has 4 heteroatoms. The molecule has 0 saturated carbocycles. The van der Waals surface area contributed by atoms with Crippen LogP contribution in [0.15, 0.2) is 27.6 Å². The Labute approximate surface area is 103 Å². The molecule has 1 rings (SSSR count). The summed E-state index contributed by atoms with van der Waals surface area (Å²) >= 11 is 5.19. The Kier molecular flexibility index (Phi) is 5.68. The lowest BCUT2D eigenvalue weighted by Gasteiger charge is -2.12. The average Bonchev–Trinajstić information content (AvgIpc) is 2.20. The first kappa shape index (κ1) is 13.0. The third-order valence-corrected chi connectivity index (χ3v) is 3.69. The van der Waals surface area contributed by atoms with Gasteiger partial charge in [-0.15, -0.1) is 11.8 Å². The Balaban J connectivity index is 2.77. The number of benzene rings is 1. The van der Waals surface area contributed by atoms with E-state index in [1.54, 1.807) is 11.8 Å². The maximum absolute atomic E-state index is 8.72. The van der Waals surface area contributed by atoms with Crippen LogP contribution in [0.25, 0.3) is 0 Å². The number of halogens is 1. The summed E-state index contributed by atoms with van der Waals surface area (Å²) < 4.78 is 1.06. The van der Waals surface area contributed by atoms with Crippen molar-refractivity contribution in [3.05, 3.63) is 28.2 Å². The molecule has 0 spiro atoms. The topological polar surface area (TPSA) is 46.2 Å². The van der Waals surface area contributed by atoms with Gasteiger partial charge in [0, 0.05) is 27.8 Å². The number of aliphatic hydroxyl groups is 1. The monoisotopic (exact) mass is 289 g/mol. The summed E-state index contributed by atoms with van der Waals surface area (Å²) in [4.78, 5) is 1.21. The van der Waals surface area contributed by atoms with Gasteiger partial charge in [-0.2, -0.15) is 0 Å². The predicted octanol–water partition coefficient (Wildman–Crippen LogP) is 2.94. The fourth-order valence-corrected chi connectivity index (χ4v) is 2.70. The van der Waals surface area contributed by atoms with Crippen molar-refractivity contribution >= 4 is 27.7 Å². The molecular weight excluding hydrogens is 274 g/mol. The zero-order chi connectivity index (χ0) is 11.3. The highest BCUT2D eigenvalue weighted by atomic mass is 79.9. The van der Waals surface area contributed by atoms with E-state index < -0.39 is 0 Å². The van der Waals surface area contributed by atoms with Gasteiger partial charge in [0.25, 0.3) is 0 Å². The predicted molar refractivity (Wildman–Crippen MR) is 69.2 cm³/mol. The molecule has 84 valence electrons. The standard InChI is InChI=1S/C11H16BrNOS/c1-8(13)10-7-9(12)3-4-11(10)15-6-2-5-14/h3-4,7-8,14H,2,5-6,13H2,1H3. The van der Waals surface area contributed by atoms with Crippen LogP contribution in [0.3, 0.4) is 0 Å². The summed E-state index contributed by atoms with van der Waals surface area (Å²) in [5, 5.41) is 8.72. The van der Waals surface area contributed by atoms with Gasteiger partial charge in [-0.25, -0.2) is 0 Å². The van der Waals surface area contributed by atoms with Gasteiger partial charge in [-0.1, -0.05) is 15.9 Å². The Hall–Kier alpha value is -0.0300. The minimum atomic E-state index is 0.0409. The molecule has 1 aromatic rings. The van der Waals surface area contributed by atoms with Gasteiger partial charge in [0.05, 0.1) is 0 Å². The molecule has 2 nitrogen and oxygen atoms in total. The number of thioether (sulfide) groups is 1. The maximum Gasteiger partial charge on any atom is 0.0439 e. The zero-order valence-electron chi connectivity index (χ0n) is 8.74. The van der Waals surface area contributed by atoms with Crippen LogP contribution in [0.1, 0.15) is 24.9 Å². The van der Waals surface area contributed by atoms with E-state index in [4.69, 9.17) is 10.8 Å². The summed E-state index contributed by atoms with van der Waals surface area (Å²) in [5.74, 6) is 0.928. The van der Waals surface area contributed by atoms with Gasteiger partial charge in [-0.3, -0.25) is 0 Å². The highest BCUT2D eigenvalue weighted by molar-refractivity contribution is 9.10. The van der Waals surface area contributed by atoms with Crippen molar-refractivity contribution in [3.8, 4) is 0 Å². The van der Waals surface area contributed by atoms with Gasteiger partial charge in [0.15, 0.2) is 0 Å². The van der Waals surface area contributed by atoms with Crippen LogP contribution < -0.4 is 5.73 Å². The van der Waals surface area contributed by atoms with E-state index in [-0.39, 0.29) is 12.6 Å². The first-order chi connectivity index (χ1) is 7.15. The molecule has 0 aliphatic heterocycles. The van der Waals surface area contributed by atoms with Gasteiger partial charge < -0.3 is 10.8 Å². The van der Waals surface area contributed by atoms with Gasteiger partial charge in [0.2, 0.25) is 0 Å². The summed E-state index contributed by atoms with van der Waals surface area (Å²) in [6, 6.07) is 6.20. The molecule has 1 unspecified atom stereocenters. The van der Waals surface area contributed by atoms with Crippen molar-refractivity contribution in [3.63, 3.8) is 0 Å². The van der Waals surface area contributed by atoms with Crippen molar-refractivity contribution in [2.24, 2.45) is 5.73 Å². The number of hydrogen-bond acceptors (Lipinski definition) is 3. The fraction of sp³-hybridized carbons (Fsp3) is 0.455. The van der Waals surface area contributed by atoms with Gasteiger partial charge in [0.1, 0.15) is 0 Å². The van der Waals surface area contributed by atoms with Gasteiger partial charge >= 0.3 is 0 Å². The summed E-state index contributed by atoms with van der Waals surface area (Å²) in [6.07, 6.45) is 0.819. The molecule has 0 aliphatic rings. The van der Waals surface area contributed by atoms with Crippen LogP contribution in [-0.4, -0.2) is 17.5 Å².